The Bertz CT molecular complexity index is 923. The van der Waals surface area contributed by atoms with E-state index in [1.54, 1.807) is 24.6 Å². The lowest BCUT2D eigenvalue weighted by atomic mass is 9.80. The molecule has 26 heavy (non-hydrogen) atoms. The fourth-order valence-corrected chi connectivity index (χ4v) is 4.07. The summed E-state index contributed by atoms with van der Waals surface area (Å²) >= 11 is 1.68. The number of nitrogens with one attached hydrogen (secondary N) is 1. The third-order valence-electron chi connectivity index (χ3n) is 5.14. The van der Waals surface area contributed by atoms with Gasteiger partial charge in [0.25, 0.3) is 5.91 Å². The Morgan fingerprint density at radius 2 is 2.31 bits per heavy atom. The number of aryl methyl sites for hydroxylation is 1. The zero-order valence-electron chi connectivity index (χ0n) is 15.0. The summed E-state index contributed by atoms with van der Waals surface area (Å²) in [7, 11) is 1.72. The van der Waals surface area contributed by atoms with E-state index in [9.17, 15) is 4.79 Å². The Kier molecular flexibility index (Phi) is 4.50. The number of hydrogen-bond acceptors (Lipinski definition) is 5. The second-order valence-electron chi connectivity index (χ2n) is 6.85. The molecule has 0 unspecified atom stereocenters. The molecule has 1 aliphatic rings. The first-order valence-electron chi connectivity index (χ1n) is 8.79. The van der Waals surface area contributed by atoms with Gasteiger partial charge in [-0.2, -0.15) is 5.10 Å². The third-order valence-corrected chi connectivity index (χ3v) is 6.00. The van der Waals surface area contributed by atoms with Gasteiger partial charge in [0.05, 0.1) is 29.3 Å². The molecule has 1 N–H and O–H groups in total. The molecule has 1 aliphatic carbocycles. The van der Waals surface area contributed by atoms with Crippen molar-refractivity contribution >= 4 is 28.3 Å². The number of amides is 1. The van der Waals surface area contributed by atoms with Crippen molar-refractivity contribution in [3.63, 3.8) is 0 Å². The normalized spacial score (nSPS) is 15.8. The van der Waals surface area contributed by atoms with E-state index in [4.69, 9.17) is 4.74 Å². The Morgan fingerprint density at radius 1 is 1.46 bits per heavy atom. The van der Waals surface area contributed by atoms with Crippen molar-refractivity contribution in [3.05, 3.63) is 45.9 Å². The number of carbonyl (C=O) groups excluding carboxylic acids is 1. The smallest absolute Gasteiger partial charge is 0.252 e. The molecule has 0 atom stereocenters. The van der Waals surface area contributed by atoms with Crippen LogP contribution in [0.25, 0.3) is 11.0 Å². The summed E-state index contributed by atoms with van der Waals surface area (Å²) in [6.07, 6.45) is 4.87. The van der Waals surface area contributed by atoms with E-state index in [-0.39, 0.29) is 11.5 Å². The highest BCUT2D eigenvalue weighted by atomic mass is 32.1. The van der Waals surface area contributed by atoms with Gasteiger partial charge in [-0.25, -0.2) is 9.67 Å². The van der Waals surface area contributed by atoms with E-state index < -0.39 is 0 Å². The number of thiophene rings is 1. The highest BCUT2D eigenvalue weighted by Crippen LogP contribution is 2.34. The molecule has 1 fully saturated rings. The van der Waals surface area contributed by atoms with Crippen LogP contribution in [-0.4, -0.2) is 39.9 Å². The third kappa shape index (κ3) is 3.12. The number of ether oxygens (including phenoxy) is 1. The molecule has 0 bridgehead atoms. The topological polar surface area (TPSA) is 69.0 Å². The number of pyridine rings is 1. The summed E-state index contributed by atoms with van der Waals surface area (Å²) in [6.45, 7) is 3.10. The van der Waals surface area contributed by atoms with E-state index in [0.29, 0.717) is 18.7 Å². The largest absolute Gasteiger partial charge is 0.376 e. The molecule has 3 aromatic heterocycles. The van der Waals surface area contributed by atoms with Crippen molar-refractivity contribution in [2.45, 2.75) is 38.3 Å². The Labute approximate surface area is 156 Å². The first-order chi connectivity index (χ1) is 12.6. The fraction of sp³-hybridized carbons (Fsp3) is 0.421. The summed E-state index contributed by atoms with van der Waals surface area (Å²) in [5, 5.41) is 10.3. The first-order valence-corrected chi connectivity index (χ1v) is 9.67. The molecule has 136 valence electrons. The monoisotopic (exact) mass is 370 g/mol. The molecule has 4 rings (SSSR count). The SMILES string of the molecule is COC1(CNC(=O)c2cc(C)nc3c2cnn3Cc2cccs2)CCC1. The van der Waals surface area contributed by atoms with Crippen LogP contribution in [0.4, 0.5) is 0 Å². The number of rotatable bonds is 6. The van der Waals surface area contributed by atoms with Gasteiger partial charge in [-0.15, -0.1) is 11.3 Å². The maximum Gasteiger partial charge on any atom is 0.252 e. The molecule has 0 spiro atoms. The molecule has 0 radical (unpaired) electrons. The van der Waals surface area contributed by atoms with Crippen molar-refractivity contribution in [1.82, 2.24) is 20.1 Å². The van der Waals surface area contributed by atoms with E-state index in [0.717, 1.165) is 36.0 Å². The summed E-state index contributed by atoms with van der Waals surface area (Å²) in [5.74, 6) is -0.0977. The molecule has 1 saturated carbocycles. The number of nitrogens with zero attached hydrogens (tertiary/aromatic N) is 3. The predicted molar refractivity (Wildman–Crippen MR) is 102 cm³/mol. The van der Waals surface area contributed by atoms with Gasteiger partial charge < -0.3 is 10.1 Å². The summed E-state index contributed by atoms with van der Waals surface area (Å²) in [5.41, 5.74) is 1.98. The molecular weight excluding hydrogens is 348 g/mol. The zero-order chi connectivity index (χ0) is 18.1. The Hall–Kier alpha value is -2.25. The van der Waals surface area contributed by atoms with Crippen LogP contribution in [-0.2, 0) is 11.3 Å². The number of aromatic nitrogens is 3. The lowest BCUT2D eigenvalue weighted by Gasteiger charge is -2.40. The average molecular weight is 370 g/mol. The Balaban J connectivity index is 1.60. The van der Waals surface area contributed by atoms with E-state index in [1.807, 2.05) is 29.1 Å². The standard InChI is InChI=1S/C19H22N4O2S/c1-13-9-15(18(24)20-12-19(25-2)6-4-7-19)16-10-21-23(17(16)22-13)11-14-5-3-8-26-14/h3,5,8-10H,4,6-7,11-12H2,1-2H3,(H,20,24). The highest BCUT2D eigenvalue weighted by molar-refractivity contribution is 7.09. The maximum atomic E-state index is 12.8. The number of hydrogen-bond donors (Lipinski definition) is 1. The van der Waals surface area contributed by atoms with Crippen LogP contribution in [0.5, 0.6) is 0 Å². The second-order valence-corrected chi connectivity index (χ2v) is 7.89. The van der Waals surface area contributed by atoms with Crippen LogP contribution < -0.4 is 5.32 Å². The summed E-state index contributed by atoms with van der Waals surface area (Å²) in [4.78, 5) is 18.6. The van der Waals surface area contributed by atoms with Gasteiger partial charge in [0.1, 0.15) is 0 Å². The summed E-state index contributed by atoms with van der Waals surface area (Å²) < 4.78 is 7.45. The molecule has 0 saturated heterocycles. The van der Waals surface area contributed by atoms with E-state index >= 15 is 0 Å². The predicted octanol–water partition coefficient (Wildman–Crippen LogP) is 3.15. The minimum absolute atomic E-state index is 0.0977. The second kappa shape index (κ2) is 6.81. The average Bonchev–Trinajstić information content (AvgIpc) is 3.24. The molecule has 0 aromatic carbocycles. The molecule has 7 heteroatoms. The van der Waals surface area contributed by atoms with Crippen molar-refractivity contribution in [2.24, 2.45) is 0 Å². The number of carbonyl (C=O) groups is 1. The van der Waals surface area contributed by atoms with Crippen LogP contribution in [0.2, 0.25) is 0 Å². The van der Waals surface area contributed by atoms with Crippen LogP contribution in [0.1, 0.15) is 40.2 Å². The van der Waals surface area contributed by atoms with Gasteiger partial charge in [-0.1, -0.05) is 6.07 Å². The lowest BCUT2D eigenvalue weighted by Crippen LogP contribution is -2.49. The minimum atomic E-state index is -0.194. The lowest BCUT2D eigenvalue weighted by molar-refractivity contribution is -0.0679. The van der Waals surface area contributed by atoms with Gasteiger partial charge in [-0.05, 0) is 43.7 Å². The fourth-order valence-electron chi connectivity index (χ4n) is 3.39. The van der Waals surface area contributed by atoms with Gasteiger partial charge in [0, 0.05) is 24.2 Å². The van der Waals surface area contributed by atoms with Crippen LogP contribution >= 0.6 is 11.3 Å². The Morgan fingerprint density at radius 3 is 2.96 bits per heavy atom. The van der Waals surface area contributed by atoms with Gasteiger partial charge in [0.15, 0.2) is 5.65 Å². The first kappa shape index (κ1) is 17.2. The molecule has 1 amide bonds. The van der Waals surface area contributed by atoms with Crippen molar-refractivity contribution in [2.75, 3.05) is 13.7 Å². The van der Waals surface area contributed by atoms with Gasteiger partial charge in [0.2, 0.25) is 0 Å². The van der Waals surface area contributed by atoms with E-state index in [2.05, 4.69) is 21.5 Å². The van der Waals surface area contributed by atoms with Gasteiger partial charge in [-0.3, -0.25) is 4.79 Å². The van der Waals surface area contributed by atoms with Crippen LogP contribution in [0.3, 0.4) is 0 Å². The van der Waals surface area contributed by atoms with Crippen molar-refractivity contribution < 1.29 is 9.53 Å². The van der Waals surface area contributed by atoms with Crippen LogP contribution in [0, 0.1) is 6.92 Å². The van der Waals surface area contributed by atoms with Crippen molar-refractivity contribution in [1.29, 1.82) is 0 Å². The maximum absolute atomic E-state index is 12.8. The summed E-state index contributed by atoms with van der Waals surface area (Å²) in [6, 6.07) is 5.93. The zero-order valence-corrected chi connectivity index (χ0v) is 15.8. The van der Waals surface area contributed by atoms with Crippen molar-refractivity contribution in [3.8, 4) is 0 Å². The van der Waals surface area contributed by atoms with E-state index in [1.165, 1.54) is 4.88 Å². The highest BCUT2D eigenvalue weighted by Gasteiger charge is 2.37. The molecule has 3 heterocycles. The number of fused-ring (bicyclic) bond motifs is 1. The minimum Gasteiger partial charge on any atom is -0.376 e. The van der Waals surface area contributed by atoms with Crippen LogP contribution in [0.15, 0.2) is 29.8 Å². The van der Waals surface area contributed by atoms with Gasteiger partial charge >= 0.3 is 0 Å². The molecular formula is C19H22N4O2S. The molecule has 6 nitrogen and oxygen atoms in total. The number of methoxy groups -OCH3 is 1. The molecule has 0 aliphatic heterocycles. The quantitative estimate of drug-likeness (QED) is 0.724. The molecule has 3 aromatic rings.